The van der Waals surface area contributed by atoms with Gasteiger partial charge in [0.05, 0.1) is 11.3 Å². The Kier molecular flexibility index (Phi) is 6.06. The molecule has 0 unspecified atom stereocenters. The van der Waals surface area contributed by atoms with Gasteiger partial charge < -0.3 is 10.1 Å². The predicted octanol–water partition coefficient (Wildman–Crippen LogP) is 4.68. The molecular weight excluding hydrogens is 387 g/mol. The summed E-state index contributed by atoms with van der Waals surface area (Å²) in [5.41, 5.74) is -7.59. The van der Waals surface area contributed by atoms with Crippen molar-refractivity contribution in [1.29, 1.82) is 0 Å². The number of ether oxygens (including phenoxy) is 1. The van der Waals surface area contributed by atoms with Gasteiger partial charge in [0, 0.05) is 6.61 Å². The fourth-order valence-corrected chi connectivity index (χ4v) is 1.87. The predicted molar refractivity (Wildman–Crippen MR) is 70.1 cm³/mol. The Hall–Kier alpha value is -2.18. The number of urea groups is 1. The standard InChI is InChI=1S/C13H11F9N2O2/c1-2-26-11(12(17,18)19,13(20,21)22)24-9(25)23-8-6-4-3-5-7(8)10(14,15)16/h3-6H,2H2,1H3,(H2,23,24,25). The van der Waals surface area contributed by atoms with E-state index in [0.717, 1.165) is 19.1 Å². The lowest BCUT2D eigenvalue weighted by Gasteiger charge is -2.36. The minimum Gasteiger partial charge on any atom is -0.341 e. The van der Waals surface area contributed by atoms with Crippen LogP contribution in [0, 0.1) is 0 Å². The van der Waals surface area contributed by atoms with Crippen LogP contribution in [0.15, 0.2) is 24.3 Å². The molecule has 0 spiro atoms. The van der Waals surface area contributed by atoms with Crippen LogP contribution in [0.4, 0.5) is 50.0 Å². The van der Waals surface area contributed by atoms with Crippen molar-refractivity contribution in [2.45, 2.75) is 31.2 Å². The molecule has 0 saturated heterocycles. The highest BCUT2D eigenvalue weighted by atomic mass is 19.4. The Morgan fingerprint density at radius 2 is 1.46 bits per heavy atom. The molecule has 0 aliphatic rings. The SMILES string of the molecule is CCOC(NC(=O)Nc1ccccc1C(F)(F)F)(C(F)(F)F)C(F)(F)F. The van der Waals surface area contributed by atoms with Crippen LogP contribution in [-0.4, -0.2) is 30.7 Å². The van der Waals surface area contributed by atoms with Gasteiger partial charge in [0.1, 0.15) is 0 Å². The summed E-state index contributed by atoms with van der Waals surface area (Å²) in [5.74, 6) is 0. The number of nitrogens with one attached hydrogen (secondary N) is 2. The molecule has 0 saturated carbocycles. The first-order valence-corrected chi connectivity index (χ1v) is 6.68. The third-order valence-electron chi connectivity index (χ3n) is 2.93. The van der Waals surface area contributed by atoms with Crippen molar-refractivity contribution in [3.63, 3.8) is 0 Å². The molecule has 0 radical (unpaired) electrons. The molecule has 1 aromatic rings. The van der Waals surface area contributed by atoms with Crippen LogP contribution in [0.5, 0.6) is 0 Å². The second kappa shape index (κ2) is 7.21. The summed E-state index contributed by atoms with van der Waals surface area (Å²) in [6, 6.07) is 0.866. The summed E-state index contributed by atoms with van der Waals surface area (Å²) in [5, 5.41) is 1.87. The maximum Gasteiger partial charge on any atom is 0.446 e. The minimum atomic E-state index is -6.14. The molecule has 148 valence electrons. The number of hydrogen-bond donors (Lipinski definition) is 2. The molecule has 0 bridgehead atoms. The summed E-state index contributed by atoms with van der Waals surface area (Å²) in [4.78, 5) is 11.6. The van der Waals surface area contributed by atoms with Crippen molar-refractivity contribution in [3.05, 3.63) is 29.8 Å². The first kappa shape index (κ1) is 21.9. The molecule has 2 N–H and O–H groups in total. The maximum absolute atomic E-state index is 13.0. The largest absolute Gasteiger partial charge is 0.446 e. The van der Waals surface area contributed by atoms with Crippen molar-refractivity contribution in [2.24, 2.45) is 0 Å². The summed E-state index contributed by atoms with van der Waals surface area (Å²) in [7, 11) is 0. The highest BCUT2D eigenvalue weighted by molar-refractivity contribution is 5.90. The van der Waals surface area contributed by atoms with E-state index in [9.17, 15) is 44.3 Å². The van der Waals surface area contributed by atoms with E-state index in [-0.39, 0.29) is 0 Å². The number of para-hydroxylation sites is 1. The number of amides is 2. The van der Waals surface area contributed by atoms with Gasteiger partial charge in [-0.15, -0.1) is 0 Å². The van der Waals surface area contributed by atoms with Crippen LogP contribution in [0.3, 0.4) is 0 Å². The van der Waals surface area contributed by atoms with E-state index >= 15 is 0 Å². The van der Waals surface area contributed by atoms with Gasteiger partial charge >= 0.3 is 30.3 Å². The summed E-state index contributed by atoms with van der Waals surface area (Å²) in [6.07, 6.45) is -17.3. The Morgan fingerprint density at radius 3 is 1.88 bits per heavy atom. The number of anilines is 1. The monoisotopic (exact) mass is 398 g/mol. The van der Waals surface area contributed by atoms with Gasteiger partial charge in [0.25, 0.3) is 0 Å². The second-order valence-electron chi connectivity index (χ2n) is 4.73. The zero-order valence-corrected chi connectivity index (χ0v) is 12.7. The quantitative estimate of drug-likeness (QED) is 0.572. The molecule has 0 atom stereocenters. The van der Waals surface area contributed by atoms with Gasteiger partial charge in [-0.25, -0.2) is 4.79 Å². The molecule has 13 heteroatoms. The third kappa shape index (κ3) is 4.51. The molecule has 2 amide bonds. The number of benzene rings is 1. The average Bonchev–Trinajstić information content (AvgIpc) is 2.43. The molecule has 26 heavy (non-hydrogen) atoms. The first-order chi connectivity index (χ1) is 11.7. The molecule has 0 fully saturated rings. The van der Waals surface area contributed by atoms with Gasteiger partial charge in [-0.2, -0.15) is 39.5 Å². The number of carbonyl (C=O) groups is 1. The van der Waals surface area contributed by atoms with E-state index in [2.05, 4.69) is 4.74 Å². The molecule has 0 aliphatic carbocycles. The molecule has 1 rings (SSSR count). The van der Waals surface area contributed by atoms with Crippen molar-refractivity contribution in [3.8, 4) is 0 Å². The number of hydrogen-bond acceptors (Lipinski definition) is 2. The van der Waals surface area contributed by atoms with Gasteiger partial charge in [-0.1, -0.05) is 12.1 Å². The van der Waals surface area contributed by atoms with Crippen molar-refractivity contribution < 1.29 is 49.0 Å². The van der Waals surface area contributed by atoms with Gasteiger partial charge in [-0.05, 0) is 19.1 Å². The topological polar surface area (TPSA) is 50.4 Å². The van der Waals surface area contributed by atoms with E-state index in [1.165, 1.54) is 5.32 Å². The Bertz CT molecular complexity index is 624. The van der Waals surface area contributed by atoms with Crippen LogP contribution in [-0.2, 0) is 10.9 Å². The second-order valence-corrected chi connectivity index (χ2v) is 4.73. The number of carbonyl (C=O) groups excluding carboxylic acids is 1. The van der Waals surface area contributed by atoms with E-state index in [1.807, 2.05) is 0 Å². The first-order valence-electron chi connectivity index (χ1n) is 6.68. The minimum absolute atomic E-state index is 0.485. The van der Waals surface area contributed by atoms with Crippen LogP contribution in [0.2, 0.25) is 0 Å². The summed E-state index contributed by atoms with van der Waals surface area (Å²) < 4.78 is 120. The summed E-state index contributed by atoms with van der Waals surface area (Å²) >= 11 is 0. The smallest absolute Gasteiger partial charge is 0.341 e. The zero-order chi connectivity index (χ0) is 20.4. The third-order valence-corrected chi connectivity index (χ3v) is 2.93. The lowest BCUT2D eigenvalue weighted by molar-refractivity contribution is -0.387. The van der Waals surface area contributed by atoms with Crippen LogP contribution in [0.25, 0.3) is 0 Å². The van der Waals surface area contributed by atoms with Crippen LogP contribution < -0.4 is 10.6 Å². The van der Waals surface area contributed by atoms with Crippen molar-refractivity contribution >= 4 is 11.7 Å². The van der Waals surface area contributed by atoms with E-state index in [1.54, 1.807) is 0 Å². The number of rotatable bonds is 4. The van der Waals surface area contributed by atoms with Gasteiger partial charge in [0.2, 0.25) is 0 Å². The normalized spacial score (nSPS) is 13.5. The highest BCUT2D eigenvalue weighted by Crippen LogP contribution is 2.44. The number of halogens is 9. The lowest BCUT2D eigenvalue weighted by atomic mass is 10.1. The van der Waals surface area contributed by atoms with Crippen molar-refractivity contribution in [2.75, 3.05) is 11.9 Å². The fourth-order valence-electron chi connectivity index (χ4n) is 1.87. The van der Waals surface area contributed by atoms with E-state index in [4.69, 9.17) is 0 Å². The van der Waals surface area contributed by atoms with E-state index in [0.29, 0.717) is 17.4 Å². The molecule has 0 aliphatic heterocycles. The van der Waals surface area contributed by atoms with Gasteiger partial charge in [0.15, 0.2) is 0 Å². The summed E-state index contributed by atoms with van der Waals surface area (Å²) in [6.45, 7) is -0.288. The Labute approximate surface area is 140 Å². The average molecular weight is 398 g/mol. The maximum atomic E-state index is 13.0. The molecule has 0 aromatic heterocycles. The Morgan fingerprint density at radius 1 is 0.962 bits per heavy atom. The van der Waals surface area contributed by atoms with Crippen LogP contribution >= 0.6 is 0 Å². The number of alkyl halides is 9. The van der Waals surface area contributed by atoms with Crippen LogP contribution in [0.1, 0.15) is 12.5 Å². The Balaban J connectivity index is 3.22. The molecular formula is C13H11F9N2O2. The molecule has 4 nitrogen and oxygen atoms in total. The molecule has 0 heterocycles. The molecule has 1 aromatic carbocycles. The lowest BCUT2D eigenvalue weighted by Crippen LogP contribution is -2.69. The zero-order valence-electron chi connectivity index (χ0n) is 12.7. The van der Waals surface area contributed by atoms with Gasteiger partial charge in [-0.3, -0.25) is 5.32 Å². The fraction of sp³-hybridized carbons (Fsp3) is 0.462. The highest BCUT2D eigenvalue weighted by Gasteiger charge is 2.73. The van der Waals surface area contributed by atoms with E-state index < -0.39 is 48.1 Å². The van der Waals surface area contributed by atoms with Crippen molar-refractivity contribution in [1.82, 2.24) is 5.32 Å².